The number of carbonyl (C=O) groups excluding carboxylic acids is 2. The molecule has 0 aliphatic rings. The number of ether oxygens (including phenoxy) is 1. The summed E-state index contributed by atoms with van der Waals surface area (Å²) in [5.74, 6) is -0.481. The molecular weight excluding hydrogens is 458 g/mol. The van der Waals surface area contributed by atoms with E-state index in [1.165, 1.54) is 16.9 Å². The maximum atomic E-state index is 13.3. The third kappa shape index (κ3) is 4.39. The van der Waals surface area contributed by atoms with Crippen molar-refractivity contribution in [3.05, 3.63) is 118 Å². The SMILES string of the molecule is CCOc1ccc(-n2ccc(=O)c(C(=O)Nc3c(C(=O)c4ccccc4)oc4ccccc34)n2)cc1. The molecule has 0 aliphatic carbocycles. The zero-order chi connectivity index (χ0) is 25.1. The second-order valence-electron chi connectivity index (χ2n) is 7.85. The Morgan fingerprint density at radius 2 is 1.67 bits per heavy atom. The van der Waals surface area contributed by atoms with Crippen molar-refractivity contribution in [3.63, 3.8) is 0 Å². The van der Waals surface area contributed by atoms with Crippen LogP contribution in [0.5, 0.6) is 5.75 Å². The van der Waals surface area contributed by atoms with E-state index in [1.54, 1.807) is 78.9 Å². The van der Waals surface area contributed by atoms with Gasteiger partial charge in [-0.15, -0.1) is 0 Å². The van der Waals surface area contributed by atoms with Gasteiger partial charge in [-0.1, -0.05) is 42.5 Å². The minimum Gasteiger partial charge on any atom is -0.494 e. The molecule has 5 rings (SSSR count). The van der Waals surface area contributed by atoms with Gasteiger partial charge in [0.05, 0.1) is 18.0 Å². The van der Waals surface area contributed by atoms with Crippen LogP contribution < -0.4 is 15.5 Å². The summed E-state index contributed by atoms with van der Waals surface area (Å²) >= 11 is 0. The van der Waals surface area contributed by atoms with E-state index in [1.807, 2.05) is 6.92 Å². The first-order valence-corrected chi connectivity index (χ1v) is 11.3. The highest BCUT2D eigenvalue weighted by Gasteiger charge is 2.25. The molecule has 8 nitrogen and oxygen atoms in total. The van der Waals surface area contributed by atoms with Crippen LogP contribution in [0.2, 0.25) is 0 Å². The average molecular weight is 479 g/mol. The van der Waals surface area contributed by atoms with Gasteiger partial charge < -0.3 is 14.5 Å². The molecule has 178 valence electrons. The number of anilines is 1. The topological polar surface area (TPSA) is 103 Å². The molecule has 0 saturated heterocycles. The van der Waals surface area contributed by atoms with Crippen molar-refractivity contribution >= 4 is 28.3 Å². The molecule has 2 aromatic heterocycles. The molecule has 8 heteroatoms. The van der Waals surface area contributed by atoms with Crippen LogP contribution in [0.1, 0.15) is 33.5 Å². The number of furan rings is 1. The summed E-state index contributed by atoms with van der Waals surface area (Å²) in [6.07, 6.45) is 1.48. The van der Waals surface area contributed by atoms with Gasteiger partial charge in [0.15, 0.2) is 11.5 Å². The van der Waals surface area contributed by atoms with Crippen molar-refractivity contribution in [2.45, 2.75) is 6.92 Å². The number of hydrogen-bond acceptors (Lipinski definition) is 6. The molecule has 0 radical (unpaired) electrons. The molecule has 0 spiro atoms. The lowest BCUT2D eigenvalue weighted by Crippen LogP contribution is -2.26. The van der Waals surface area contributed by atoms with Crippen molar-refractivity contribution < 1.29 is 18.7 Å². The van der Waals surface area contributed by atoms with E-state index in [9.17, 15) is 14.4 Å². The van der Waals surface area contributed by atoms with E-state index in [4.69, 9.17) is 9.15 Å². The normalized spacial score (nSPS) is 10.8. The fourth-order valence-corrected chi connectivity index (χ4v) is 3.79. The van der Waals surface area contributed by atoms with Gasteiger partial charge in [0.1, 0.15) is 11.3 Å². The molecule has 0 aliphatic heterocycles. The van der Waals surface area contributed by atoms with E-state index in [0.29, 0.717) is 34.6 Å². The number of para-hydroxylation sites is 1. The average Bonchev–Trinajstić information content (AvgIpc) is 3.28. The van der Waals surface area contributed by atoms with Crippen LogP contribution in [-0.4, -0.2) is 28.1 Å². The maximum absolute atomic E-state index is 13.3. The van der Waals surface area contributed by atoms with E-state index in [0.717, 1.165) is 0 Å². The first kappa shape index (κ1) is 22.8. The molecule has 0 saturated carbocycles. The second-order valence-corrected chi connectivity index (χ2v) is 7.85. The number of fused-ring (bicyclic) bond motifs is 1. The van der Waals surface area contributed by atoms with Gasteiger partial charge in [-0.05, 0) is 43.3 Å². The van der Waals surface area contributed by atoms with E-state index < -0.39 is 17.1 Å². The zero-order valence-corrected chi connectivity index (χ0v) is 19.3. The number of nitrogens with zero attached hydrogens (tertiary/aromatic N) is 2. The fraction of sp³-hybridized carbons (Fsp3) is 0.0714. The molecule has 1 N–H and O–H groups in total. The van der Waals surface area contributed by atoms with Crippen LogP contribution in [0.3, 0.4) is 0 Å². The number of ketones is 1. The Balaban J connectivity index is 1.51. The second kappa shape index (κ2) is 9.71. The van der Waals surface area contributed by atoms with Crippen LogP contribution in [0.25, 0.3) is 16.7 Å². The number of nitrogens with one attached hydrogen (secondary N) is 1. The maximum Gasteiger partial charge on any atom is 0.280 e. The van der Waals surface area contributed by atoms with Crippen molar-refractivity contribution in [2.75, 3.05) is 11.9 Å². The summed E-state index contributed by atoms with van der Waals surface area (Å²) < 4.78 is 12.7. The number of rotatable bonds is 7. The molecule has 0 bridgehead atoms. The molecule has 5 aromatic rings. The number of hydrogen-bond donors (Lipinski definition) is 1. The predicted molar refractivity (Wildman–Crippen MR) is 135 cm³/mol. The lowest BCUT2D eigenvalue weighted by molar-refractivity contribution is 0.101. The van der Waals surface area contributed by atoms with Gasteiger partial charge in [0, 0.05) is 23.2 Å². The van der Waals surface area contributed by atoms with E-state index in [-0.39, 0.29) is 17.1 Å². The molecule has 2 heterocycles. The summed E-state index contributed by atoms with van der Waals surface area (Å²) in [5.41, 5.74) is 0.777. The van der Waals surface area contributed by atoms with Crippen molar-refractivity contribution in [1.82, 2.24) is 9.78 Å². The highest BCUT2D eigenvalue weighted by molar-refractivity contribution is 6.18. The van der Waals surface area contributed by atoms with E-state index >= 15 is 0 Å². The summed E-state index contributed by atoms with van der Waals surface area (Å²) in [6, 6.07) is 23.9. The van der Waals surface area contributed by atoms with Gasteiger partial charge in [-0.2, -0.15) is 5.10 Å². The number of carbonyl (C=O) groups is 2. The fourth-order valence-electron chi connectivity index (χ4n) is 3.79. The highest BCUT2D eigenvalue weighted by atomic mass is 16.5. The summed E-state index contributed by atoms with van der Waals surface area (Å²) in [6.45, 7) is 2.43. The first-order valence-electron chi connectivity index (χ1n) is 11.3. The Labute approximate surface area is 205 Å². The lowest BCUT2D eigenvalue weighted by atomic mass is 10.1. The number of benzene rings is 3. The Kier molecular flexibility index (Phi) is 6.15. The lowest BCUT2D eigenvalue weighted by Gasteiger charge is -2.09. The van der Waals surface area contributed by atoms with Gasteiger partial charge in [0.2, 0.25) is 11.2 Å². The Morgan fingerprint density at radius 3 is 2.42 bits per heavy atom. The standard InChI is InChI=1S/C28H21N3O5/c1-2-35-20-14-12-19(13-15-20)31-17-16-22(32)25(30-31)28(34)29-24-21-10-6-7-11-23(21)36-27(24)26(33)18-8-4-3-5-9-18/h3-17H,2H2,1H3,(H,29,34). The smallest absolute Gasteiger partial charge is 0.280 e. The van der Waals surface area contributed by atoms with Crippen LogP contribution in [0.15, 0.2) is 100 Å². The van der Waals surface area contributed by atoms with Gasteiger partial charge in [-0.3, -0.25) is 14.4 Å². The molecule has 3 aromatic carbocycles. The summed E-state index contributed by atoms with van der Waals surface area (Å²) in [7, 11) is 0. The largest absolute Gasteiger partial charge is 0.494 e. The Morgan fingerprint density at radius 1 is 0.944 bits per heavy atom. The Hall–Kier alpha value is -4.98. The van der Waals surface area contributed by atoms with Crippen molar-refractivity contribution in [2.24, 2.45) is 0 Å². The van der Waals surface area contributed by atoms with Crippen LogP contribution >= 0.6 is 0 Å². The van der Waals surface area contributed by atoms with Crippen LogP contribution in [0, 0.1) is 0 Å². The third-order valence-corrected chi connectivity index (χ3v) is 5.51. The van der Waals surface area contributed by atoms with E-state index in [2.05, 4.69) is 10.4 Å². The molecule has 0 atom stereocenters. The first-order chi connectivity index (χ1) is 17.5. The minimum atomic E-state index is -0.756. The number of amides is 1. The van der Waals surface area contributed by atoms with Gasteiger partial charge >= 0.3 is 0 Å². The zero-order valence-electron chi connectivity index (χ0n) is 19.3. The molecule has 1 amide bonds. The monoisotopic (exact) mass is 479 g/mol. The molecule has 36 heavy (non-hydrogen) atoms. The van der Waals surface area contributed by atoms with Crippen LogP contribution in [-0.2, 0) is 0 Å². The van der Waals surface area contributed by atoms with Crippen LogP contribution in [0.4, 0.5) is 5.69 Å². The van der Waals surface area contributed by atoms with Crippen molar-refractivity contribution in [1.29, 1.82) is 0 Å². The molecule has 0 fully saturated rings. The third-order valence-electron chi connectivity index (χ3n) is 5.51. The van der Waals surface area contributed by atoms with Crippen molar-refractivity contribution in [3.8, 4) is 11.4 Å². The minimum absolute atomic E-state index is 0.0291. The Bertz CT molecular complexity index is 1620. The van der Waals surface area contributed by atoms with Gasteiger partial charge in [-0.25, -0.2) is 4.68 Å². The van der Waals surface area contributed by atoms with Gasteiger partial charge in [0.25, 0.3) is 5.91 Å². The predicted octanol–water partition coefficient (Wildman–Crippen LogP) is 4.86. The summed E-state index contributed by atoms with van der Waals surface area (Å²) in [5, 5.41) is 7.48. The highest BCUT2D eigenvalue weighted by Crippen LogP contribution is 2.32. The number of aromatic nitrogens is 2. The summed E-state index contributed by atoms with van der Waals surface area (Å²) in [4.78, 5) is 39.0. The molecular formula is C28H21N3O5. The molecule has 0 unspecified atom stereocenters. The quantitative estimate of drug-likeness (QED) is 0.334.